The second-order valence-corrected chi connectivity index (χ2v) is 3.38. The van der Waals surface area contributed by atoms with Crippen LogP contribution in [0.4, 0.5) is 0 Å². The fourth-order valence-electron chi connectivity index (χ4n) is 1.84. The molecule has 0 N–H and O–H groups in total. The van der Waals surface area contributed by atoms with E-state index in [1.165, 1.54) is 32.1 Å². The Bertz CT molecular complexity index is 227. The van der Waals surface area contributed by atoms with Crippen molar-refractivity contribution in [3.8, 4) is 0 Å². The molecule has 0 aliphatic heterocycles. The van der Waals surface area contributed by atoms with Gasteiger partial charge in [0.05, 0.1) is 6.20 Å². The SMILES string of the molecule is [c]1ccnc(C2CCCCC2)n1. The largest absolute Gasteiger partial charge is 0.241 e. The molecule has 0 aromatic carbocycles. The second-order valence-electron chi connectivity index (χ2n) is 3.38. The maximum absolute atomic E-state index is 4.26. The monoisotopic (exact) mass is 161 g/mol. The number of nitrogens with zero attached hydrogens (tertiary/aromatic N) is 2. The Morgan fingerprint density at radius 2 is 2.08 bits per heavy atom. The molecule has 0 atom stereocenters. The van der Waals surface area contributed by atoms with Gasteiger partial charge < -0.3 is 0 Å². The molecule has 0 amide bonds. The summed E-state index contributed by atoms with van der Waals surface area (Å²) in [4.78, 5) is 8.43. The lowest BCUT2D eigenvalue weighted by molar-refractivity contribution is 0.428. The van der Waals surface area contributed by atoms with Gasteiger partial charge in [-0.05, 0) is 18.9 Å². The van der Waals surface area contributed by atoms with E-state index in [1.807, 2.05) is 0 Å². The zero-order valence-corrected chi connectivity index (χ0v) is 7.16. The van der Waals surface area contributed by atoms with Crippen LogP contribution < -0.4 is 0 Å². The summed E-state index contributed by atoms with van der Waals surface area (Å²) < 4.78 is 0. The van der Waals surface area contributed by atoms with Gasteiger partial charge in [-0.15, -0.1) is 0 Å². The van der Waals surface area contributed by atoms with Crippen molar-refractivity contribution in [2.45, 2.75) is 38.0 Å². The Balaban J connectivity index is 2.08. The topological polar surface area (TPSA) is 25.8 Å². The van der Waals surface area contributed by atoms with Crippen LogP contribution in [0.5, 0.6) is 0 Å². The lowest BCUT2D eigenvalue weighted by Crippen LogP contribution is -2.07. The Morgan fingerprint density at radius 1 is 1.25 bits per heavy atom. The van der Waals surface area contributed by atoms with Crippen molar-refractivity contribution >= 4 is 0 Å². The van der Waals surface area contributed by atoms with E-state index in [2.05, 4.69) is 16.2 Å². The molecule has 2 nitrogen and oxygen atoms in total. The summed E-state index contributed by atoms with van der Waals surface area (Å²) in [7, 11) is 0. The fourth-order valence-corrected chi connectivity index (χ4v) is 1.84. The van der Waals surface area contributed by atoms with Crippen LogP contribution in [-0.2, 0) is 0 Å². The number of rotatable bonds is 1. The van der Waals surface area contributed by atoms with Crippen LogP contribution in [0.1, 0.15) is 43.8 Å². The van der Waals surface area contributed by atoms with Gasteiger partial charge in [-0.1, -0.05) is 19.3 Å². The quantitative estimate of drug-likeness (QED) is 0.631. The molecule has 12 heavy (non-hydrogen) atoms. The molecular formula is C10H13N2. The Kier molecular flexibility index (Phi) is 2.35. The van der Waals surface area contributed by atoms with Gasteiger partial charge in [0.15, 0.2) is 0 Å². The normalized spacial score (nSPS) is 19.3. The standard InChI is InChI=1S/C10H13N2/c1-2-5-9(6-3-1)10-11-7-4-8-12-10/h4,7,9H,1-3,5-6H2. The molecule has 2 heteroatoms. The van der Waals surface area contributed by atoms with Gasteiger partial charge in [-0.25, -0.2) is 9.97 Å². The molecule has 0 bridgehead atoms. The highest BCUT2D eigenvalue weighted by atomic mass is 14.9. The molecule has 1 aliphatic rings. The van der Waals surface area contributed by atoms with Crippen LogP contribution in [0.3, 0.4) is 0 Å². The highest BCUT2D eigenvalue weighted by Gasteiger charge is 2.16. The van der Waals surface area contributed by atoms with Crippen molar-refractivity contribution in [3.63, 3.8) is 0 Å². The average Bonchev–Trinajstić information content (AvgIpc) is 2.21. The highest BCUT2D eigenvalue weighted by molar-refractivity contribution is 4.97. The molecule has 1 saturated carbocycles. The first-order valence-electron chi connectivity index (χ1n) is 4.66. The molecule has 1 fully saturated rings. The van der Waals surface area contributed by atoms with Crippen molar-refractivity contribution in [2.24, 2.45) is 0 Å². The van der Waals surface area contributed by atoms with Crippen LogP contribution in [0.15, 0.2) is 12.3 Å². The van der Waals surface area contributed by atoms with Gasteiger partial charge >= 0.3 is 0 Å². The Hall–Kier alpha value is -0.920. The maximum Gasteiger partial charge on any atom is 0.132 e. The van der Waals surface area contributed by atoms with E-state index in [-0.39, 0.29) is 0 Å². The van der Waals surface area contributed by atoms with Gasteiger partial charge in [0.25, 0.3) is 0 Å². The minimum atomic E-state index is 0.608. The zero-order valence-electron chi connectivity index (χ0n) is 7.16. The summed E-state index contributed by atoms with van der Waals surface area (Å²) in [6.07, 6.45) is 11.2. The molecule has 1 aromatic heterocycles. The molecule has 1 aromatic rings. The predicted molar refractivity (Wildman–Crippen MR) is 46.7 cm³/mol. The third-order valence-corrected chi connectivity index (χ3v) is 2.51. The molecule has 0 saturated heterocycles. The molecule has 2 rings (SSSR count). The van der Waals surface area contributed by atoms with Crippen molar-refractivity contribution in [1.82, 2.24) is 9.97 Å². The lowest BCUT2D eigenvalue weighted by Gasteiger charge is -2.19. The first-order chi connectivity index (χ1) is 5.97. The van der Waals surface area contributed by atoms with E-state index < -0.39 is 0 Å². The molecule has 1 heterocycles. The summed E-state index contributed by atoms with van der Waals surface area (Å²) in [6, 6.07) is 1.76. The summed E-state index contributed by atoms with van der Waals surface area (Å²) in [6.45, 7) is 0. The first-order valence-corrected chi connectivity index (χ1v) is 4.66. The Morgan fingerprint density at radius 3 is 2.75 bits per heavy atom. The van der Waals surface area contributed by atoms with E-state index in [4.69, 9.17) is 0 Å². The smallest absolute Gasteiger partial charge is 0.132 e. The number of hydrogen-bond donors (Lipinski definition) is 0. The minimum absolute atomic E-state index is 0.608. The Labute approximate surface area is 73.1 Å². The predicted octanol–water partition coefficient (Wildman–Crippen LogP) is 2.32. The number of hydrogen-bond acceptors (Lipinski definition) is 2. The third kappa shape index (κ3) is 1.63. The van der Waals surface area contributed by atoms with Crippen LogP contribution in [0, 0.1) is 6.20 Å². The van der Waals surface area contributed by atoms with Gasteiger partial charge in [0.1, 0.15) is 5.82 Å². The van der Waals surface area contributed by atoms with E-state index in [1.54, 1.807) is 12.3 Å². The van der Waals surface area contributed by atoms with Gasteiger partial charge in [-0.2, -0.15) is 0 Å². The van der Waals surface area contributed by atoms with Crippen LogP contribution in [-0.4, -0.2) is 9.97 Å². The summed E-state index contributed by atoms with van der Waals surface area (Å²) in [5.74, 6) is 1.60. The second kappa shape index (κ2) is 3.65. The molecule has 1 aliphatic carbocycles. The fraction of sp³-hybridized carbons (Fsp3) is 0.600. The van der Waals surface area contributed by atoms with Crippen LogP contribution in [0.2, 0.25) is 0 Å². The average molecular weight is 161 g/mol. The summed E-state index contributed by atoms with van der Waals surface area (Å²) in [5, 5.41) is 0. The highest BCUT2D eigenvalue weighted by Crippen LogP contribution is 2.29. The van der Waals surface area contributed by atoms with Crippen molar-refractivity contribution in [1.29, 1.82) is 0 Å². The van der Waals surface area contributed by atoms with Gasteiger partial charge in [0.2, 0.25) is 0 Å². The minimum Gasteiger partial charge on any atom is -0.241 e. The molecule has 0 spiro atoms. The van der Waals surface area contributed by atoms with Crippen molar-refractivity contribution in [3.05, 3.63) is 24.3 Å². The summed E-state index contributed by atoms with van der Waals surface area (Å²) in [5.41, 5.74) is 0. The number of aromatic nitrogens is 2. The van der Waals surface area contributed by atoms with Crippen LogP contribution >= 0.6 is 0 Å². The third-order valence-electron chi connectivity index (χ3n) is 2.51. The van der Waals surface area contributed by atoms with Gasteiger partial charge in [-0.3, -0.25) is 0 Å². The van der Waals surface area contributed by atoms with E-state index in [0.29, 0.717) is 5.92 Å². The first kappa shape index (κ1) is 7.71. The summed E-state index contributed by atoms with van der Waals surface area (Å²) >= 11 is 0. The lowest BCUT2D eigenvalue weighted by atomic mass is 9.89. The molecule has 0 unspecified atom stereocenters. The van der Waals surface area contributed by atoms with Crippen molar-refractivity contribution in [2.75, 3.05) is 0 Å². The van der Waals surface area contributed by atoms with Crippen molar-refractivity contribution < 1.29 is 0 Å². The van der Waals surface area contributed by atoms with E-state index in [9.17, 15) is 0 Å². The molecule has 1 radical (unpaired) electrons. The zero-order chi connectivity index (χ0) is 8.23. The maximum atomic E-state index is 4.26. The molecule has 63 valence electrons. The van der Waals surface area contributed by atoms with Gasteiger partial charge in [0, 0.05) is 12.1 Å². The van der Waals surface area contributed by atoms with E-state index in [0.717, 1.165) is 5.82 Å². The molecular weight excluding hydrogens is 148 g/mol. The van der Waals surface area contributed by atoms with Crippen LogP contribution in [0.25, 0.3) is 0 Å². The van der Waals surface area contributed by atoms with E-state index >= 15 is 0 Å².